The average molecular weight is 260 g/mol. The Morgan fingerprint density at radius 1 is 1.32 bits per heavy atom. The van der Waals surface area contributed by atoms with E-state index >= 15 is 0 Å². The van der Waals surface area contributed by atoms with E-state index in [0.717, 1.165) is 19.4 Å². The number of hydrogen-bond donors (Lipinski definition) is 2. The van der Waals surface area contributed by atoms with Gasteiger partial charge in [-0.05, 0) is 24.3 Å². The highest BCUT2D eigenvalue weighted by atomic mass is 16.3. The lowest BCUT2D eigenvalue weighted by molar-refractivity contribution is -0.00422. The minimum absolute atomic E-state index is 0.0116. The zero-order chi connectivity index (χ0) is 13.2. The summed E-state index contributed by atoms with van der Waals surface area (Å²) in [6, 6.07) is 10.2. The number of nitrogens with one attached hydrogen (secondary N) is 1. The molecule has 4 nitrogen and oxygen atoms in total. The summed E-state index contributed by atoms with van der Waals surface area (Å²) < 4.78 is 0. The van der Waals surface area contributed by atoms with Crippen molar-refractivity contribution in [2.45, 2.75) is 18.9 Å². The van der Waals surface area contributed by atoms with Gasteiger partial charge < -0.3 is 15.3 Å². The van der Waals surface area contributed by atoms with E-state index in [-0.39, 0.29) is 12.1 Å². The Bertz CT molecular complexity index is 449. The van der Waals surface area contributed by atoms with Crippen molar-refractivity contribution in [3.8, 4) is 0 Å². The molecule has 0 aromatic heterocycles. The van der Waals surface area contributed by atoms with Gasteiger partial charge in [0.25, 0.3) is 0 Å². The summed E-state index contributed by atoms with van der Waals surface area (Å²) in [5.41, 5.74) is 1.24. The molecule has 1 aromatic rings. The van der Waals surface area contributed by atoms with Crippen LogP contribution in [0.1, 0.15) is 12.0 Å². The quantitative estimate of drug-likeness (QED) is 0.859. The van der Waals surface area contributed by atoms with Crippen molar-refractivity contribution >= 4 is 6.03 Å². The maximum atomic E-state index is 12.0. The lowest BCUT2D eigenvalue weighted by Gasteiger charge is -2.34. The van der Waals surface area contributed by atoms with Crippen LogP contribution in [0, 0.1) is 11.8 Å². The number of aliphatic hydroxyl groups is 1. The first-order chi connectivity index (χ1) is 9.24. The standard InChI is InChI=1S/C15H20N2O2/c18-14-8-12-9-17(10-13(12)14)15(19)16-7-6-11-4-2-1-3-5-11/h1-5,12-14,18H,6-10H2,(H,16,19)/t12-,13+,14+/m1/s1. The Morgan fingerprint density at radius 2 is 2.11 bits per heavy atom. The van der Waals surface area contributed by atoms with Gasteiger partial charge in [0.05, 0.1) is 6.10 Å². The van der Waals surface area contributed by atoms with Crippen molar-refractivity contribution in [2.24, 2.45) is 11.8 Å². The van der Waals surface area contributed by atoms with Gasteiger partial charge in [-0.1, -0.05) is 30.3 Å². The second-order valence-electron chi connectivity index (χ2n) is 5.60. The Labute approximate surface area is 113 Å². The molecule has 1 saturated carbocycles. The first-order valence-corrected chi connectivity index (χ1v) is 6.99. The van der Waals surface area contributed by atoms with Gasteiger partial charge >= 0.3 is 6.03 Å². The van der Waals surface area contributed by atoms with Crippen LogP contribution in [0.5, 0.6) is 0 Å². The summed E-state index contributed by atoms with van der Waals surface area (Å²) in [4.78, 5) is 13.8. The summed E-state index contributed by atoms with van der Waals surface area (Å²) in [5, 5.41) is 12.5. The van der Waals surface area contributed by atoms with E-state index in [1.807, 2.05) is 23.1 Å². The van der Waals surface area contributed by atoms with Gasteiger partial charge in [0, 0.05) is 25.6 Å². The van der Waals surface area contributed by atoms with E-state index in [2.05, 4.69) is 17.4 Å². The molecule has 1 saturated heterocycles. The van der Waals surface area contributed by atoms with Crippen LogP contribution < -0.4 is 5.32 Å². The summed E-state index contributed by atoms with van der Waals surface area (Å²) in [5.74, 6) is 0.842. The monoisotopic (exact) mass is 260 g/mol. The fourth-order valence-corrected chi connectivity index (χ4v) is 3.11. The number of carbonyl (C=O) groups is 1. The van der Waals surface area contributed by atoms with Crippen LogP contribution >= 0.6 is 0 Å². The van der Waals surface area contributed by atoms with Crippen LogP contribution in [-0.4, -0.2) is 41.8 Å². The van der Waals surface area contributed by atoms with E-state index in [1.54, 1.807) is 0 Å². The molecular formula is C15H20N2O2. The second kappa shape index (κ2) is 5.21. The summed E-state index contributed by atoms with van der Waals surface area (Å²) in [7, 11) is 0. The zero-order valence-corrected chi connectivity index (χ0v) is 11.0. The number of carbonyl (C=O) groups excluding carboxylic acids is 1. The van der Waals surface area contributed by atoms with E-state index < -0.39 is 0 Å². The number of likely N-dealkylation sites (tertiary alicyclic amines) is 1. The van der Waals surface area contributed by atoms with Gasteiger partial charge in [0.15, 0.2) is 0 Å². The zero-order valence-electron chi connectivity index (χ0n) is 11.0. The predicted molar refractivity (Wildman–Crippen MR) is 72.7 cm³/mol. The van der Waals surface area contributed by atoms with Crippen molar-refractivity contribution in [1.82, 2.24) is 10.2 Å². The summed E-state index contributed by atoms with van der Waals surface area (Å²) >= 11 is 0. The van der Waals surface area contributed by atoms with E-state index in [1.165, 1.54) is 5.56 Å². The molecule has 2 fully saturated rings. The van der Waals surface area contributed by atoms with Crippen molar-refractivity contribution < 1.29 is 9.90 Å². The topological polar surface area (TPSA) is 52.6 Å². The fraction of sp³-hybridized carbons (Fsp3) is 0.533. The highest BCUT2D eigenvalue weighted by molar-refractivity contribution is 5.74. The lowest BCUT2D eigenvalue weighted by Crippen LogP contribution is -2.40. The minimum atomic E-state index is -0.188. The molecule has 1 aliphatic heterocycles. The molecule has 2 amide bonds. The van der Waals surface area contributed by atoms with E-state index in [0.29, 0.717) is 24.9 Å². The molecule has 4 heteroatoms. The number of nitrogens with zero attached hydrogens (tertiary/aromatic N) is 1. The smallest absolute Gasteiger partial charge is 0.317 e. The van der Waals surface area contributed by atoms with Crippen LogP contribution in [0.3, 0.4) is 0 Å². The molecule has 102 valence electrons. The number of urea groups is 1. The largest absolute Gasteiger partial charge is 0.393 e. The molecule has 0 unspecified atom stereocenters. The van der Waals surface area contributed by atoms with Gasteiger partial charge in [0.2, 0.25) is 0 Å². The minimum Gasteiger partial charge on any atom is -0.393 e. The third kappa shape index (κ3) is 2.59. The molecule has 3 atom stereocenters. The molecule has 1 heterocycles. The Kier molecular flexibility index (Phi) is 3.42. The third-order valence-electron chi connectivity index (χ3n) is 4.35. The Balaban J connectivity index is 1.42. The molecule has 1 aliphatic carbocycles. The molecule has 3 rings (SSSR count). The second-order valence-corrected chi connectivity index (χ2v) is 5.60. The SMILES string of the molecule is O=C(NCCc1ccccc1)N1C[C@H]2C[C@H](O)[C@H]2C1. The molecule has 19 heavy (non-hydrogen) atoms. The van der Waals surface area contributed by atoms with E-state index in [9.17, 15) is 9.90 Å². The normalized spacial score (nSPS) is 28.7. The molecule has 0 spiro atoms. The summed E-state index contributed by atoms with van der Waals surface area (Å²) in [6.45, 7) is 2.18. The van der Waals surface area contributed by atoms with Gasteiger partial charge in [-0.2, -0.15) is 0 Å². The molecule has 1 aromatic carbocycles. The van der Waals surface area contributed by atoms with Crippen LogP contribution in [0.25, 0.3) is 0 Å². The first kappa shape index (κ1) is 12.5. The third-order valence-corrected chi connectivity index (χ3v) is 4.35. The number of amides is 2. The van der Waals surface area contributed by atoms with Crippen LogP contribution in [0.15, 0.2) is 30.3 Å². The molecule has 0 radical (unpaired) electrons. The van der Waals surface area contributed by atoms with Crippen molar-refractivity contribution in [1.29, 1.82) is 0 Å². The summed E-state index contributed by atoms with van der Waals surface area (Å²) in [6.07, 6.45) is 1.53. The predicted octanol–water partition coefficient (Wildman–Crippen LogP) is 1.25. The molecule has 2 aliphatic rings. The number of fused-ring (bicyclic) bond motifs is 1. The van der Waals surface area contributed by atoms with Crippen molar-refractivity contribution in [2.75, 3.05) is 19.6 Å². The molecular weight excluding hydrogens is 240 g/mol. The van der Waals surface area contributed by atoms with Gasteiger partial charge in [-0.3, -0.25) is 0 Å². The number of rotatable bonds is 3. The Hall–Kier alpha value is -1.55. The molecule has 2 N–H and O–H groups in total. The van der Waals surface area contributed by atoms with Crippen LogP contribution in [0.4, 0.5) is 4.79 Å². The van der Waals surface area contributed by atoms with Crippen LogP contribution in [0.2, 0.25) is 0 Å². The number of benzene rings is 1. The van der Waals surface area contributed by atoms with Gasteiger partial charge in [0.1, 0.15) is 0 Å². The maximum Gasteiger partial charge on any atom is 0.317 e. The maximum absolute atomic E-state index is 12.0. The van der Waals surface area contributed by atoms with Crippen molar-refractivity contribution in [3.05, 3.63) is 35.9 Å². The highest BCUT2D eigenvalue weighted by Gasteiger charge is 2.47. The average Bonchev–Trinajstić information content (AvgIpc) is 2.77. The first-order valence-electron chi connectivity index (χ1n) is 6.99. The van der Waals surface area contributed by atoms with Gasteiger partial charge in [-0.25, -0.2) is 4.79 Å². The molecule has 0 bridgehead atoms. The lowest BCUT2D eigenvalue weighted by atomic mass is 9.74. The van der Waals surface area contributed by atoms with E-state index in [4.69, 9.17) is 0 Å². The Morgan fingerprint density at radius 3 is 2.79 bits per heavy atom. The highest BCUT2D eigenvalue weighted by Crippen LogP contribution is 2.40. The number of hydrogen-bond acceptors (Lipinski definition) is 2. The van der Waals surface area contributed by atoms with Crippen LogP contribution in [-0.2, 0) is 6.42 Å². The number of aliphatic hydroxyl groups excluding tert-OH is 1. The van der Waals surface area contributed by atoms with Crippen molar-refractivity contribution in [3.63, 3.8) is 0 Å². The fourth-order valence-electron chi connectivity index (χ4n) is 3.11. The van der Waals surface area contributed by atoms with Gasteiger partial charge in [-0.15, -0.1) is 0 Å².